The number of rotatable bonds is 5. The number of ether oxygens (including phenoxy) is 3. The summed E-state index contributed by atoms with van der Waals surface area (Å²) in [6, 6.07) is 0. The molecule has 216 valence electrons. The summed E-state index contributed by atoms with van der Waals surface area (Å²) in [5, 5.41) is 52.7. The predicted octanol–water partition coefficient (Wildman–Crippen LogP) is 0.687. The van der Waals surface area contributed by atoms with Crippen LogP contribution in [0.2, 0.25) is 0 Å². The normalized spacial score (nSPS) is 52.4. The Hall–Kier alpha value is -1.14. The predicted molar refractivity (Wildman–Crippen MR) is 132 cm³/mol. The van der Waals surface area contributed by atoms with Crippen LogP contribution in [0.4, 0.5) is 0 Å². The van der Waals surface area contributed by atoms with Crippen LogP contribution in [0.1, 0.15) is 71.6 Å². The zero-order chi connectivity index (χ0) is 27.6. The fourth-order valence-corrected chi connectivity index (χ4v) is 9.28. The summed E-state index contributed by atoms with van der Waals surface area (Å²) in [5.74, 6) is 0.227. The second-order valence-corrected chi connectivity index (χ2v) is 13.1. The van der Waals surface area contributed by atoms with Gasteiger partial charge in [0.2, 0.25) is 0 Å². The molecule has 10 heteroatoms. The van der Waals surface area contributed by atoms with Crippen molar-refractivity contribution in [3.05, 3.63) is 0 Å². The van der Waals surface area contributed by atoms with Gasteiger partial charge < -0.3 is 39.7 Å². The van der Waals surface area contributed by atoms with E-state index in [9.17, 15) is 35.1 Å². The Morgan fingerprint density at radius 2 is 1.61 bits per heavy atom. The van der Waals surface area contributed by atoms with Crippen molar-refractivity contribution in [2.45, 2.75) is 114 Å². The highest BCUT2D eigenvalue weighted by Crippen LogP contribution is 2.68. The van der Waals surface area contributed by atoms with E-state index in [0.717, 1.165) is 58.5 Å². The van der Waals surface area contributed by atoms with E-state index in [1.54, 1.807) is 0 Å². The van der Waals surface area contributed by atoms with Crippen LogP contribution in [0.5, 0.6) is 0 Å². The average molecular weight is 541 g/mol. The van der Waals surface area contributed by atoms with Crippen LogP contribution in [0.25, 0.3) is 0 Å². The van der Waals surface area contributed by atoms with Gasteiger partial charge in [-0.25, -0.2) is 4.79 Å². The van der Waals surface area contributed by atoms with Crippen molar-refractivity contribution >= 4 is 11.8 Å². The Bertz CT molecular complexity index is 927. The van der Waals surface area contributed by atoms with E-state index in [1.165, 1.54) is 0 Å². The van der Waals surface area contributed by atoms with E-state index < -0.39 is 60.1 Å². The summed E-state index contributed by atoms with van der Waals surface area (Å²) in [6.07, 6.45) is -0.873. The number of esters is 1. The van der Waals surface area contributed by atoms with Gasteiger partial charge in [0, 0.05) is 5.41 Å². The van der Waals surface area contributed by atoms with Crippen LogP contribution in [-0.2, 0) is 23.8 Å². The Morgan fingerprint density at radius 1 is 0.895 bits per heavy atom. The molecule has 4 saturated carbocycles. The number of carbonyl (C=O) groups excluding carboxylic acids is 2. The standard InChI is InChI=1S/C28H44O10/c1-26-9-6-15(29)12-14(26)4-5-16-17(26)7-10-27(2)18(16)8-11-28(27,35)19(30)13-37-25-22(33)20(31)21(32)23(38-25)24(34)36-3/h14-18,20-23,25,29,31-33,35H,4-13H2,1-3H3/t14?,15?,16?,17?,18?,20?,21?,22?,23-,25+,26?,27?,28?/m1/s1. The van der Waals surface area contributed by atoms with Gasteiger partial charge in [-0.2, -0.15) is 0 Å². The minimum atomic E-state index is -1.74. The Balaban J connectivity index is 1.28. The fraction of sp³-hybridized carbons (Fsp3) is 0.929. The number of hydrogen-bond donors (Lipinski definition) is 5. The van der Waals surface area contributed by atoms with Crippen molar-refractivity contribution in [2.24, 2.45) is 34.5 Å². The monoisotopic (exact) mass is 540 g/mol. The van der Waals surface area contributed by atoms with Crippen molar-refractivity contribution in [1.82, 2.24) is 0 Å². The molecule has 1 aliphatic heterocycles. The average Bonchev–Trinajstić information content (AvgIpc) is 3.18. The van der Waals surface area contributed by atoms with Crippen molar-refractivity contribution in [3.8, 4) is 0 Å². The van der Waals surface area contributed by atoms with Crippen molar-refractivity contribution in [2.75, 3.05) is 13.7 Å². The number of hydrogen-bond acceptors (Lipinski definition) is 10. The number of ketones is 1. The van der Waals surface area contributed by atoms with Gasteiger partial charge in [-0.3, -0.25) is 4.79 Å². The molecule has 0 aromatic heterocycles. The second kappa shape index (κ2) is 10.0. The highest BCUT2D eigenvalue weighted by molar-refractivity contribution is 5.89. The molecule has 5 N–H and O–H groups in total. The molecule has 1 saturated heterocycles. The molecule has 0 amide bonds. The van der Waals surface area contributed by atoms with E-state index in [0.29, 0.717) is 24.2 Å². The quantitative estimate of drug-likeness (QED) is 0.314. The van der Waals surface area contributed by atoms with Gasteiger partial charge in [0.1, 0.15) is 30.5 Å². The molecule has 13 atom stereocenters. The molecule has 11 unspecified atom stereocenters. The van der Waals surface area contributed by atoms with Gasteiger partial charge in [0.25, 0.3) is 0 Å². The van der Waals surface area contributed by atoms with Crippen molar-refractivity contribution < 1.29 is 49.3 Å². The molecule has 5 rings (SSSR count). The number of Topliss-reactive ketones (excluding diaryl/α,β-unsaturated/α-hetero) is 1. The van der Waals surface area contributed by atoms with E-state index in [1.807, 2.05) is 6.92 Å². The Labute approximate surface area is 223 Å². The molecule has 5 fully saturated rings. The van der Waals surface area contributed by atoms with Gasteiger partial charge in [-0.05, 0) is 86.9 Å². The summed E-state index contributed by atoms with van der Waals surface area (Å²) < 4.78 is 15.4. The SMILES string of the molecule is COC(=O)[C@@H]1O[C@H](OCC(=O)C2(O)CCC3C4CCC5CC(O)CCC5(C)C4CCC32C)C(O)C(O)C1O. The lowest BCUT2D eigenvalue weighted by Gasteiger charge is -2.61. The van der Waals surface area contributed by atoms with E-state index >= 15 is 0 Å². The summed E-state index contributed by atoms with van der Waals surface area (Å²) >= 11 is 0. The molecule has 0 bridgehead atoms. The first kappa shape index (κ1) is 28.4. The molecule has 38 heavy (non-hydrogen) atoms. The third-order valence-corrected chi connectivity index (χ3v) is 11.6. The van der Waals surface area contributed by atoms with E-state index in [4.69, 9.17) is 9.47 Å². The maximum atomic E-state index is 13.5. The zero-order valence-electron chi connectivity index (χ0n) is 22.6. The molecular formula is C28H44O10. The lowest BCUT2D eigenvalue weighted by Crippen LogP contribution is -2.61. The minimum absolute atomic E-state index is 0.188. The molecule has 0 radical (unpaired) electrons. The first-order valence-electron chi connectivity index (χ1n) is 14.2. The van der Waals surface area contributed by atoms with Crippen LogP contribution in [0.15, 0.2) is 0 Å². The topological polar surface area (TPSA) is 163 Å². The maximum absolute atomic E-state index is 13.5. The van der Waals surface area contributed by atoms with Crippen LogP contribution in [0.3, 0.4) is 0 Å². The molecule has 0 aromatic carbocycles. The molecule has 5 aliphatic rings. The molecule has 10 nitrogen and oxygen atoms in total. The maximum Gasteiger partial charge on any atom is 0.337 e. The largest absolute Gasteiger partial charge is 0.467 e. The number of aliphatic hydroxyl groups is 5. The summed E-state index contributed by atoms with van der Waals surface area (Å²) in [5.41, 5.74) is -2.02. The fourth-order valence-electron chi connectivity index (χ4n) is 9.28. The number of fused-ring (bicyclic) bond motifs is 5. The first-order valence-corrected chi connectivity index (χ1v) is 14.2. The van der Waals surface area contributed by atoms with Crippen molar-refractivity contribution in [1.29, 1.82) is 0 Å². The van der Waals surface area contributed by atoms with Crippen LogP contribution >= 0.6 is 0 Å². The summed E-state index contributed by atoms with van der Waals surface area (Å²) in [7, 11) is 1.10. The summed E-state index contributed by atoms with van der Waals surface area (Å²) in [6.45, 7) is 3.85. The number of carbonyl (C=O) groups is 2. The number of methoxy groups -OCH3 is 1. The molecular weight excluding hydrogens is 496 g/mol. The molecule has 0 aromatic rings. The van der Waals surface area contributed by atoms with Gasteiger partial charge in [0.05, 0.1) is 13.2 Å². The smallest absolute Gasteiger partial charge is 0.337 e. The minimum Gasteiger partial charge on any atom is -0.467 e. The zero-order valence-corrected chi connectivity index (χ0v) is 22.6. The van der Waals surface area contributed by atoms with Crippen LogP contribution in [0, 0.1) is 34.5 Å². The Kier molecular flexibility index (Phi) is 7.51. The lowest BCUT2D eigenvalue weighted by atomic mass is 9.44. The highest BCUT2D eigenvalue weighted by Gasteiger charge is 2.66. The first-order chi connectivity index (χ1) is 17.9. The molecule has 4 aliphatic carbocycles. The Morgan fingerprint density at radius 3 is 2.32 bits per heavy atom. The van der Waals surface area contributed by atoms with Gasteiger partial charge >= 0.3 is 5.97 Å². The highest BCUT2D eigenvalue weighted by atomic mass is 16.7. The molecule has 0 spiro atoms. The van der Waals surface area contributed by atoms with Gasteiger partial charge in [-0.1, -0.05) is 13.8 Å². The third-order valence-electron chi connectivity index (χ3n) is 11.6. The second-order valence-electron chi connectivity index (χ2n) is 13.1. The third kappa shape index (κ3) is 4.17. The summed E-state index contributed by atoms with van der Waals surface area (Å²) in [4.78, 5) is 25.5. The van der Waals surface area contributed by atoms with E-state index in [-0.39, 0.29) is 17.4 Å². The lowest BCUT2D eigenvalue weighted by molar-refractivity contribution is -0.293. The molecule has 1 heterocycles. The van der Waals surface area contributed by atoms with Crippen LogP contribution in [-0.4, -0.2) is 93.4 Å². The number of aliphatic hydroxyl groups excluding tert-OH is 4. The van der Waals surface area contributed by atoms with Crippen molar-refractivity contribution in [3.63, 3.8) is 0 Å². The van der Waals surface area contributed by atoms with Gasteiger partial charge in [0.15, 0.2) is 18.2 Å². The van der Waals surface area contributed by atoms with Gasteiger partial charge in [-0.15, -0.1) is 0 Å². The van der Waals surface area contributed by atoms with Crippen LogP contribution < -0.4 is 0 Å². The van der Waals surface area contributed by atoms with E-state index in [2.05, 4.69) is 11.7 Å².